The number of hydrogen-bond acceptors (Lipinski definition) is 1. The van der Waals surface area contributed by atoms with Gasteiger partial charge in [-0.25, -0.2) is 0 Å². The lowest BCUT2D eigenvalue weighted by Gasteiger charge is -2.39. The molecule has 2 unspecified atom stereocenters. The van der Waals surface area contributed by atoms with Crippen molar-refractivity contribution in [2.75, 3.05) is 4.90 Å². The Morgan fingerprint density at radius 2 is 1.00 bits per heavy atom. The molecular formula is C64H44N2. The maximum absolute atomic E-state index is 2.52. The summed E-state index contributed by atoms with van der Waals surface area (Å²) in [6.07, 6.45) is 14.0. The fraction of sp³-hybridized carbons (Fsp3) is 0.0312. The lowest BCUT2D eigenvalue weighted by atomic mass is 9.74. The molecule has 0 N–H and O–H groups in total. The molecule has 2 nitrogen and oxygen atoms in total. The first-order chi connectivity index (χ1) is 32.7. The normalized spacial score (nSPS) is 15.6. The van der Waals surface area contributed by atoms with Crippen molar-refractivity contribution < 1.29 is 0 Å². The van der Waals surface area contributed by atoms with E-state index in [1.54, 1.807) is 0 Å². The van der Waals surface area contributed by atoms with Gasteiger partial charge in [0.05, 0.1) is 16.7 Å². The maximum Gasteiger partial charge on any atom is 0.0619 e. The van der Waals surface area contributed by atoms with Crippen LogP contribution in [0.3, 0.4) is 0 Å². The van der Waals surface area contributed by atoms with Gasteiger partial charge < -0.3 is 9.47 Å². The summed E-state index contributed by atoms with van der Waals surface area (Å²) in [6, 6.07) is 80.3. The van der Waals surface area contributed by atoms with Gasteiger partial charge in [-0.3, -0.25) is 0 Å². The van der Waals surface area contributed by atoms with Gasteiger partial charge >= 0.3 is 0 Å². The van der Waals surface area contributed by atoms with Crippen molar-refractivity contribution in [1.29, 1.82) is 0 Å². The molecule has 2 aliphatic carbocycles. The van der Waals surface area contributed by atoms with Crippen LogP contribution in [0.25, 0.3) is 87.6 Å². The minimum atomic E-state index is 0.116. The molecule has 11 aromatic rings. The Labute approximate surface area is 384 Å². The minimum absolute atomic E-state index is 0.116. The standard InChI is InChI=1S/C64H44N2/c1-3-17-47-40-50(30-28-43(47)14-1)54-38-39-63(58-24-8-7-23-57(54)58)65(61-26-11-9-21-55(61)51-31-29-44-15-2-4-18-48(44)41-51)52-35-32-45(33-36-52)49-19-13-20-53(42-49)66-62-27-12-10-25-59(62)60-37-34-46-16-5-6-22-56(46)64(60)66/h1-42,57-58H. The molecule has 2 heteroatoms. The number of anilines is 2. The van der Waals surface area contributed by atoms with Crippen LogP contribution in [0.2, 0.25) is 0 Å². The van der Waals surface area contributed by atoms with Gasteiger partial charge in [0.2, 0.25) is 0 Å². The summed E-state index contributed by atoms with van der Waals surface area (Å²) in [5.41, 5.74) is 14.4. The molecule has 13 rings (SSSR count). The van der Waals surface area contributed by atoms with E-state index in [0.29, 0.717) is 0 Å². The van der Waals surface area contributed by atoms with Crippen LogP contribution >= 0.6 is 0 Å². The predicted octanol–water partition coefficient (Wildman–Crippen LogP) is 17.1. The Balaban J connectivity index is 0.954. The molecule has 0 bridgehead atoms. The Bertz CT molecular complexity index is 3840. The fourth-order valence-electron chi connectivity index (χ4n) is 10.8. The first kappa shape index (κ1) is 38.0. The predicted molar refractivity (Wildman–Crippen MR) is 281 cm³/mol. The summed E-state index contributed by atoms with van der Waals surface area (Å²) in [6.45, 7) is 0. The molecule has 0 fully saturated rings. The van der Waals surface area contributed by atoms with E-state index in [4.69, 9.17) is 0 Å². The quantitative estimate of drug-likeness (QED) is 0.155. The average Bonchev–Trinajstić information content (AvgIpc) is 3.74. The largest absolute Gasteiger partial charge is 0.313 e. The van der Waals surface area contributed by atoms with Crippen molar-refractivity contribution in [2.45, 2.75) is 0 Å². The van der Waals surface area contributed by atoms with Crippen LogP contribution in [0.4, 0.5) is 11.4 Å². The van der Waals surface area contributed by atoms with Crippen molar-refractivity contribution in [2.24, 2.45) is 11.8 Å². The molecule has 2 atom stereocenters. The zero-order chi connectivity index (χ0) is 43.6. The number of hydrogen-bond donors (Lipinski definition) is 0. The number of nitrogens with zero attached hydrogens (tertiary/aromatic N) is 2. The summed E-state index contributed by atoms with van der Waals surface area (Å²) in [7, 11) is 0. The molecule has 0 saturated heterocycles. The van der Waals surface area contributed by atoms with Crippen molar-refractivity contribution in [3.8, 4) is 27.9 Å². The monoisotopic (exact) mass is 840 g/mol. The molecule has 0 aliphatic heterocycles. The molecular weight excluding hydrogens is 797 g/mol. The highest BCUT2D eigenvalue weighted by Crippen LogP contribution is 2.48. The van der Waals surface area contributed by atoms with Crippen LogP contribution in [0.1, 0.15) is 5.56 Å². The van der Waals surface area contributed by atoms with Crippen LogP contribution in [0.15, 0.2) is 261 Å². The number of benzene rings is 10. The summed E-state index contributed by atoms with van der Waals surface area (Å²) >= 11 is 0. The van der Waals surface area contributed by atoms with E-state index in [0.717, 1.165) is 17.1 Å². The van der Waals surface area contributed by atoms with Gasteiger partial charge in [0, 0.05) is 50.6 Å². The minimum Gasteiger partial charge on any atom is -0.313 e. The molecule has 0 amide bonds. The fourth-order valence-corrected chi connectivity index (χ4v) is 10.8. The molecule has 2 aliphatic rings. The average molecular weight is 841 g/mol. The van der Waals surface area contributed by atoms with E-state index in [2.05, 4.69) is 264 Å². The molecule has 66 heavy (non-hydrogen) atoms. The Hall–Kier alpha value is -8.46. The second-order valence-corrected chi connectivity index (χ2v) is 17.6. The molecule has 0 spiro atoms. The van der Waals surface area contributed by atoms with Crippen LogP contribution in [0.5, 0.6) is 0 Å². The van der Waals surface area contributed by atoms with Crippen LogP contribution in [0, 0.1) is 11.8 Å². The van der Waals surface area contributed by atoms with Crippen LogP contribution in [-0.2, 0) is 0 Å². The van der Waals surface area contributed by atoms with Gasteiger partial charge in [0.15, 0.2) is 0 Å². The molecule has 0 radical (unpaired) electrons. The number of rotatable bonds is 7. The van der Waals surface area contributed by atoms with E-state index in [9.17, 15) is 0 Å². The first-order valence-corrected chi connectivity index (χ1v) is 23.0. The zero-order valence-electron chi connectivity index (χ0n) is 36.3. The highest BCUT2D eigenvalue weighted by atomic mass is 15.2. The lowest BCUT2D eigenvalue weighted by molar-refractivity contribution is 0.627. The van der Waals surface area contributed by atoms with Gasteiger partial charge in [0.1, 0.15) is 0 Å². The van der Waals surface area contributed by atoms with E-state index >= 15 is 0 Å². The number of allylic oxidation sites excluding steroid dienone is 7. The molecule has 1 aromatic heterocycles. The number of fused-ring (bicyclic) bond motifs is 8. The number of para-hydroxylation sites is 2. The van der Waals surface area contributed by atoms with Crippen LogP contribution < -0.4 is 4.90 Å². The number of aromatic nitrogens is 1. The van der Waals surface area contributed by atoms with Crippen LogP contribution in [-0.4, -0.2) is 4.57 Å². The van der Waals surface area contributed by atoms with Gasteiger partial charge in [0.25, 0.3) is 0 Å². The Morgan fingerprint density at radius 1 is 0.379 bits per heavy atom. The third kappa shape index (κ3) is 6.33. The highest BCUT2D eigenvalue weighted by Gasteiger charge is 2.34. The first-order valence-electron chi connectivity index (χ1n) is 23.0. The van der Waals surface area contributed by atoms with Gasteiger partial charge in [-0.05, 0) is 109 Å². The van der Waals surface area contributed by atoms with E-state index in [1.165, 1.54) is 93.2 Å². The van der Waals surface area contributed by atoms with Crippen molar-refractivity contribution in [3.05, 3.63) is 266 Å². The maximum atomic E-state index is 2.52. The van der Waals surface area contributed by atoms with Crippen molar-refractivity contribution in [1.82, 2.24) is 4.57 Å². The molecule has 10 aromatic carbocycles. The second kappa shape index (κ2) is 15.7. The topological polar surface area (TPSA) is 8.17 Å². The third-order valence-electron chi connectivity index (χ3n) is 13.9. The summed E-state index contributed by atoms with van der Waals surface area (Å²) in [5.74, 6) is 0.288. The Kier molecular flexibility index (Phi) is 9.02. The highest BCUT2D eigenvalue weighted by molar-refractivity contribution is 6.18. The van der Waals surface area contributed by atoms with E-state index in [-0.39, 0.29) is 11.8 Å². The van der Waals surface area contributed by atoms with E-state index in [1.807, 2.05) is 0 Å². The zero-order valence-corrected chi connectivity index (χ0v) is 36.3. The lowest BCUT2D eigenvalue weighted by Crippen LogP contribution is -2.29. The van der Waals surface area contributed by atoms with Crippen molar-refractivity contribution >= 4 is 71.1 Å². The van der Waals surface area contributed by atoms with Gasteiger partial charge in [-0.1, -0.05) is 200 Å². The SMILES string of the molecule is C1=CC2C(c3ccc4ccccc4c3)=CC=C(N(c3ccc(-c4cccc(-n5c6ccccc6c6ccc7ccccc7c65)c4)cc3)c3ccccc3-c3ccc4ccccc4c3)C2C=C1. The molecule has 0 saturated carbocycles. The van der Waals surface area contributed by atoms with Gasteiger partial charge in [-0.15, -0.1) is 0 Å². The third-order valence-corrected chi connectivity index (χ3v) is 13.9. The van der Waals surface area contributed by atoms with Crippen molar-refractivity contribution in [3.63, 3.8) is 0 Å². The van der Waals surface area contributed by atoms with E-state index < -0.39 is 0 Å². The van der Waals surface area contributed by atoms with Gasteiger partial charge in [-0.2, -0.15) is 0 Å². The Morgan fingerprint density at radius 3 is 1.80 bits per heavy atom. The summed E-state index contributed by atoms with van der Waals surface area (Å²) in [4.78, 5) is 2.52. The summed E-state index contributed by atoms with van der Waals surface area (Å²) in [5, 5.41) is 10.0. The second-order valence-electron chi connectivity index (χ2n) is 17.6. The smallest absolute Gasteiger partial charge is 0.0619 e. The molecule has 310 valence electrons. The summed E-state index contributed by atoms with van der Waals surface area (Å²) < 4.78 is 2.45. The molecule has 1 heterocycles.